The van der Waals surface area contributed by atoms with Gasteiger partial charge in [0.15, 0.2) is 0 Å². The summed E-state index contributed by atoms with van der Waals surface area (Å²) >= 11 is 0. The molecule has 1 heterocycles. The molecule has 0 aliphatic heterocycles. The highest BCUT2D eigenvalue weighted by Crippen LogP contribution is 2.21. The van der Waals surface area contributed by atoms with Crippen LogP contribution in [-0.4, -0.2) is 4.57 Å². The van der Waals surface area contributed by atoms with E-state index >= 15 is 0 Å². The van der Waals surface area contributed by atoms with Crippen LogP contribution < -0.4 is 5.73 Å². The van der Waals surface area contributed by atoms with E-state index in [2.05, 4.69) is 61.0 Å². The largest absolute Gasteiger partial charge is 0.399 e. The molecule has 20 heavy (non-hydrogen) atoms. The lowest BCUT2D eigenvalue weighted by molar-refractivity contribution is 0.829. The highest BCUT2D eigenvalue weighted by molar-refractivity contribution is 5.83. The monoisotopic (exact) mass is 264 g/mol. The van der Waals surface area contributed by atoms with E-state index in [0.717, 1.165) is 12.2 Å². The van der Waals surface area contributed by atoms with Crippen LogP contribution in [0.5, 0.6) is 0 Å². The Hall–Kier alpha value is -2.22. The Morgan fingerprint density at radius 1 is 1.00 bits per heavy atom. The molecule has 0 saturated heterocycles. The molecule has 2 N–H and O–H groups in total. The number of nitrogens with two attached hydrogens (primary N) is 1. The summed E-state index contributed by atoms with van der Waals surface area (Å²) in [6.07, 6.45) is 2.13. The first-order chi connectivity index (χ1) is 9.63. The van der Waals surface area contributed by atoms with Gasteiger partial charge >= 0.3 is 0 Å². The van der Waals surface area contributed by atoms with E-state index in [4.69, 9.17) is 5.73 Å². The van der Waals surface area contributed by atoms with Gasteiger partial charge in [-0.25, -0.2) is 0 Å². The Labute approximate surface area is 119 Å². The minimum absolute atomic E-state index is 0.583. The minimum Gasteiger partial charge on any atom is -0.399 e. The molecule has 0 amide bonds. The van der Waals surface area contributed by atoms with Crippen molar-refractivity contribution in [3.8, 4) is 0 Å². The molecular weight excluding hydrogens is 244 g/mol. The number of nitrogen functional groups attached to an aromatic ring is 1. The average molecular weight is 264 g/mol. The summed E-state index contributed by atoms with van der Waals surface area (Å²) in [5.41, 5.74) is 10.6. The van der Waals surface area contributed by atoms with E-state index < -0.39 is 0 Å². The van der Waals surface area contributed by atoms with Gasteiger partial charge in [0.25, 0.3) is 0 Å². The lowest BCUT2D eigenvalue weighted by atomic mass is 10.0. The van der Waals surface area contributed by atoms with Gasteiger partial charge in [0.1, 0.15) is 0 Å². The van der Waals surface area contributed by atoms with Gasteiger partial charge < -0.3 is 10.3 Å². The van der Waals surface area contributed by atoms with Crippen molar-refractivity contribution in [2.75, 3.05) is 5.73 Å². The van der Waals surface area contributed by atoms with Crippen LogP contribution in [0.25, 0.3) is 10.9 Å². The maximum atomic E-state index is 5.82. The first kappa shape index (κ1) is 12.8. The minimum atomic E-state index is 0.583. The van der Waals surface area contributed by atoms with Crippen molar-refractivity contribution in [2.45, 2.75) is 26.3 Å². The first-order valence-electron chi connectivity index (χ1n) is 7.07. The van der Waals surface area contributed by atoms with Gasteiger partial charge in [0.05, 0.1) is 0 Å². The van der Waals surface area contributed by atoms with Gasteiger partial charge in [-0.2, -0.15) is 0 Å². The molecule has 0 bridgehead atoms. The number of fused-ring (bicyclic) bond motifs is 1. The molecule has 0 fully saturated rings. The predicted molar refractivity (Wildman–Crippen MR) is 86.0 cm³/mol. The highest BCUT2D eigenvalue weighted by Gasteiger charge is 2.03. The average Bonchev–Trinajstić information content (AvgIpc) is 2.81. The second-order valence-electron chi connectivity index (χ2n) is 5.66. The second-order valence-corrected chi connectivity index (χ2v) is 5.66. The molecule has 102 valence electrons. The van der Waals surface area contributed by atoms with E-state index in [1.165, 1.54) is 22.0 Å². The fourth-order valence-electron chi connectivity index (χ4n) is 2.56. The van der Waals surface area contributed by atoms with Crippen molar-refractivity contribution in [3.63, 3.8) is 0 Å². The van der Waals surface area contributed by atoms with Crippen molar-refractivity contribution < 1.29 is 0 Å². The lowest BCUT2D eigenvalue weighted by Gasteiger charge is -2.09. The summed E-state index contributed by atoms with van der Waals surface area (Å²) in [6, 6.07) is 17.1. The normalized spacial score (nSPS) is 11.3. The zero-order chi connectivity index (χ0) is 14.1. The Kier molecular flexibility index (Phi) is 3.23. The maximum absolute atomic E-state index is 5.82. The van der Waals surface area contributed by atoms with Gasteiger partial charge in [-0.3, -0.25) is 0 Å². The van der Waals surface area contributed by atoms with Gasteiger partial charge in [0, 0.05) is 29.3 Å². The number of nitrogens with zero attached hydrogens (tertiary/aromatic N) is 1. The zero-order valence-electron chi connectivity index (χ0n) is 12.0. The number of rotatable bonds is 3. The van der Waals surface area contributed by atoms with Gasteiger partial charge in [-0.15, -0.1) is 0 Å². The van der Waals surface area contributed by atoms with Crippen molar-refractivity contribution in [2.24, 2.45) is 0 Å². The fourth-order valence-corrected chi connectivity index (χ4v) is 2.56. The Bertz CT molecular complexity index is 721. The number of benzene rings is 2. The van der Waals surface area contributed by atoms with E-state index in [9.17, 15) is 0 Å². The molecule has 0 spiro atoms. The van der Waals surface area contributed by atoms with Crippen LogP contribution >= 0.6 is 0 Å². The van der Waals surface area contributed by atoms with Gasteiger partial charge in [0.2, 0.25) is 0 Å². The summed E-state index contributed by atoms with van der Waals surface area (Å²) in [7, 11) is 0. The molecule has 2 nitrogen and oxygen atoms in total. The maximum Gasteiger partial charge on any atom is 0.0484 e. The van der Waals surface area contributed by atoms with Gasteiger partial charge in [-0.05, 0) is 41.3 Å². The topological polar surface area (TPSA) is 30.9 Å². The van der Waals surface area contributed by atoms with E-state index in [-0.39, 0.29) is 0 Å². The molecule has 0 unspecified atom stereocenters. The van der Waals surface area contributed by atoms with Crippen LogP contribution in [0.4, 0.5) is 5.69 Å². The summed E-state index contributed by atoms with van der Waals surface area (Å²) in [6.45, 7) is 5.34. The molecule has 1 aromatic heterocycles. The Morgan fingerprint density at radius 3 is 2.45 bits per heavy atom. The summed E-state index contributed by atoms with van der Waals surface area (Å²) < 4.78 is 2.26. The predicted octanol–water partition coefficient (Wildman–Crippen LogP) is 4.40. The van der Waals surface area contributed by atoms with E-state index in [1.807, 2.05) is 12.1 Å². The van der Waals surface area contributed by atoms with Crippen LogP contribution in [-0.2, 0) is 6.54 Å². The third kappa shape index (κ3) is 2.42. The van der Waals surface area contributed by atoms with Crippen LogP contribution in [0.3, 0.4) is 0 Å². The number of hydrogen-bond acceptors (Lipinski definition) is 1. The quantitative estimate of drug-likeness (QED) is 0.699. The standard InChI is InChI=1S/C18H20N2/c1-13(2)15-5-3-14(4-6-15)12-20-10-9-16-11-17(19)7-8-18(16)20/h3-11,13H,12,19H2,1-2H3. The van der Waals surface area contributed by atoms with Crippen LogP contribution in [0.1, 0.15) is 30.9 Å². The second kappa shape index (κ2) is 5.04. The summed E-state index contributed by atoms with van der Waals surface area (Å²) in [5, 5.41) is 1.20. The van der Waals surface area contributed by atoms with Crippen molar-refractivity contribution in [1.29, 1.82) is 0 Å². The molecule has 0 atom stereocenters. The molecular formula is C18H20N2. The van der Waals surface area contributed by atoms with Crippen molar-refractivity contribution in [1.82, 2.24) is 4.57 Å². The van der Waals surface area contributed by atoms with E-state index in [1.54, 1.807) is 0 Å². The molecule has 0 aliphatic carbocycles. The lowest BCUT2D eigenvalue weighted by Crippen LogP contribution is -1.98. The smallest absolute Gasteiger partial charge is 0.0484 e. The molecule has 3 rings (SSSR count). The van der Waals surface area contributed by atoms with E-state index in [0.29, 0.717) is 5.92 Å². The van der Waals surface area contributed by atoms with Crippen LogP contribution in [0.2, 0.25) is 0 Å². The summed E-state index contributed by atoms with van der Waals surface area (Å²) in [4.78, 5) is 0. The molecule has 2 aromatic carbocycles. The van der Waals surface area contributed by atoms with Gasteiger partial charge in [-0.1, -0.05) is 38.1 Å². The van der Waals surface area contributed by atoms with Crippen LogP contribution in [0, 0.1) is 0 Å². The Balaban J connectivity index is 1.89. The third-order valence-electron chi connectivity index (χ3n) is 3.79. The fraction of sp³-hybridized carbons (Fsp3) is 0.222. The molecule has 0 saturated carbocycles. The molecule has 3 aromatic rings. The Morgan fingerprint density at radius 2 is 1.75 bits per heavy atom. The third-order valence-corrected chi connectivity index (χ3v) is 3.79. The van der Waals surface area contributed by atoms with Crippen LogP contribution in [0.15, 0.2) is 54.7 Å². The SMILES string of the molecule is CC(C)c1ccc(Cn2ccc3cc(N)ccc32)cc1. The molecule has 0 aliphatic rings. The number of hydrogen-bond donors (Lipinski definition) is 1. The highest BCUT2D eigenvalue weighted by atomic mass is 14.9. The number of anilines is 1. The van der Waals surface area contributed by atoms with Crippen molar-refractivity contribution >= 4 is 16.6 Å². The number of aromatic nitrogens is 1. The molecule has 2 heteroatoms. The molecule has 0 radical (unpaired) electrons. The first-order valence-corrected chi connectivity index (χ1v) is 7.07. The summed E-state index contributed by atoms with van der Waals surface area (Å²) in [5.74, 6) is 0.583. The van der Waals surface area contributed by atoms with Crippen molar-refractivity contribution in [3.05, 3.63) is 65.9 Å². The zero-order valence-corrected chi connectivity index (χ0v) is 12.0.